The van der Waals surface area contributed by atoms with Gasteiger partial charge in [-0.2, -0.15) is 0 Å². The summed E-state index contributed by atoms with van der Waals surface area (Å²) in [4.78, 5) is 44.5. The summed E-state index contributed by atoms with van der Waals surface area (Å²) < 4.78 is 16.1. The lowest BCUT2D eigenvalue weighted by Crippen LogP contribution is -2.61. The molecule has 0 saturated heterocycles. The molecule has 212 valence electrons. The van der Waals surface area contributed by atoms with E-state index in [0.717, 1.165) is 31.4 Å². The van der Waals surface area contributed by atoms with Crippen LogP contribution in [0.5, 0.6) is 11.5 Å². The Bertz CT molecular complexity index is 1090. The van der Waals surface area contributed by atoms with Crippen molar-refractivity contribution in [3.63, 3.8) is 0 Å². The van der Waals surface area contributed by atoms with E-state index in [2.05, 4.69) is 0 Å². The van der Waals surface area contributed by atoms with E-state index in [0.29, 0.717) is 23.7 Å². The van der Waals surface area contributed by atoms with Gasteiger partial charge >= 0.3 is 5.97 Å². The minimum atomic E-state index is -1.21. The van der Waals surface area contributed by atoms with E-state index < -0.39 is 18.1 Å². The number of thioether (sulfide) groups is 1. The molecule has 1 aliphatic rings. The maximum atomic E-state index is 14.2. The van der Waals surface area contributed by atoms with Gasteiger partial charge in [0.25, 0.3) is 0 Å². The van der Waals surface area contributed by atoms with Gasteiger partial charge in [-0.1, -0.05) is 31.0 Å². The molecule has 2 atom stereocenters. The number of methoxy groups -OCH3 is 2. The van der Waals surface area contributed by atoms with Crippen LogP contribution < -0.4 is 19.3 Å². The first-order valence-corrected chi connectivity index (χ1v) is 14.4. The summed E-state index contributed by atoms with van der Waals surface area (Å²) in [7, 11) is 3.15. The van der Waals surface area contributed by atoms with Crippen molar-refractivity contribution in [3.8, 4) is 11.5 Å². The van der Waals surface area contributed by atoms with Crippen LogP contribution in [0.3, 0.4) is 0 Å². The second-order valence-corrected chi connectivity index (χ2v) is 10.7. The highest BCUT2D eigenvalue weighted by atomic mass is 32.2. The number of ether oxygens (including phenoxy) is 3. The Kier molecular flexibility index (Phi) is 11.5. The third-order valence-electron chi connectivity index (χ3n) is 6.95. The summed E-state index contributed by atoms with van der Waals surface area (Å²) in [6.07, 6.45) is 5.24. The molecule has 2 unspecified atom stereocenters. The molecule has 3 rings (SSSR count). The number of anilines is 2. The van der Waals surface area contributed by atoms with Gasteiger partial charge in [-0.05, 0) is 75.2 Å². The van der Waals surface area contributed by atoms with E-state index >= 15 is 0 Å². The predicted molar refractivity (Wildman–Crippen MR) is 156 cm³/mol. The molecule has 2 aromatic carbocycles. The fourth-order valence-corrected chi connectivity index (χ4v) is 6.33. The first-order valence-electron chi connectivity index (χ1n) is 13.6. The number of amides is 1. The fourth-order valence-electron chi connectivity index (χ4n) is 5.04. The standard InChI is InChI=1S/C30H40N2O6S/c1-6-31(22-13-17-24(36-4)18-14-22)28(30(35)39-26-11-9-8-10-12-26)27(29(34)38-7-2)32(21(3)33)23-15-19-25(37-5)20-16-23/h13-20,26-28H,6-12H2,1-5H3. The minimum Gasteiger partial charge on any atom is -0.497 e. The van der Waals surface area contributed by atoms with E-state index in [-0.39, 0.29) is 22.9 Å². The molecule has 9 heteroatoms. The van der Waals surface area contributed by atoms with Crippen molar-refractivity contribution in [1.82, 2.24) is 0 Å². The Hall–Kier alpha value is -3.20. The van der Waals surface area contributed by atoms with Crippen LogP contribution >= 0.6 is 11.8 Å². The molecule has 0 radical (unpaired) electrons. The molecule has 1 amide bonds. The SMILES string of the molecule is CCOC(=O)C(C(C(=O)SC1CCCCC1)N(CC)c1ccc(OC)cc1)N(C(C)=O)c1ccc(OC)cc1. The molecule has 39 heavy (non-hydrogen) atoms. The van der Waals surface area contributed by atoms with Gasteiger partial charge in [-0.15, -0.1) is 0 Å². The summed E-state index contributed by atoms with van der Waals surface area (Å²) >= 11 is 1.30. The molecule has 1 saturated carbocycles. The zero-order chi connectivity index (χ0) is 28.4. The second kappa shape index (κ2) is 14.8. The molecule has 0 aliphatic heterocycles. The lowest BCUT2D eigenvalue weighted by molar-refractivity contribution is -0.147. The number of benzene rings is 2. The number of esters is 1. The Balaban J connectivity index is 2.15. The molecule has 1 fully saturated rings. The quantitative estimate of drug-likeness (QED) is 0.318. The van der Waals surface area contributed by atoms with Gasteiger partial charge in [0, 0.05) is 30.1 Å². The number of carbonyl (C=O) groups is 3. The zero-order valence-corrected chi connectivity index (χ0v) is 24.4. The van der Waals surface area contributed by atoms with Crippen molar-refractivity contribution < 1.29 is 28.6 Å². The van der Waals surface area contributed by atoms with Gasteiger partial charge in [0.15, 0.2) is 6.04 Å². The highest BCUT2D eigenvalue weighted by Crippen LogP contribution is 2.35. The molecule has 1 aliphatic carbocycles. The van der Waals surface area contributed by atoms with Gasteiger partial charge in [0.2, 0.25) is 11.0 Å². The zero-order valence-electron chi connectivity index (χ0n) is 23.6. The van der Waals surface area contributed by atoms with E-state index in [4.69, 9.17) is 14.2 Å². The average Bonchev–Trinajstić information content (AvgIpc) is 2.95. The maximum Gasteiger partial charge on any atom is 0.331 e. The van der Waals surface area contributed by atoms with Gasteiger partial charge in [0.05, 0.1) is 20.8 Å². The van der Waals surface area contributed by atoms with Crippen LogP contribution in [0.2, 0.25) is 0 Å². The second-order valence-electron chi connectivity index (χ2n) is 9.41. The third-order valence-corrected chi connectivity index (χ3v) is 8.23. The smallest absolute Gasteiger partial charge is 0.331 e. The summed E-state index contributed by atoms with van der Waals surface area (Å²) in [5, 5.41) is 0.0234. The van der Waals surface area contributed by atoms with Crippen LogP contribution in [-0.4, -0.2) is 61.7 Å². The first kappa shape index (κ1) is 30.3. The van der Waals surface area contributed by atoms with Crippen molar-refractivity contribution in [2.75, 3.05) is 37.2 Å². The van der Waals surface area contributed by atoms with E-state index in [1.807, 2.05) is 36.1 Å². The topological polar surface area (TPSA) is 85.4 Å². The van der Waals surface area contributed by atoms with Gasteiger partial charge in [0.1, 0.15) is 17.5 Å². The molecule has 2 aromatic rings. The molecule has 8 nitrogen and oxygen atoms in total. The third kappa shape index (κ3) is 7.68. The van der Waals surface area contributed by atoms with Crippen molar-refractivity contribution in [1.29, 1.82) is 0 Å². The summed E-state index contributed by atoms with van der Waals surface area (Å²) in [6.45, 7) is 5.60. The van der Waals surface area contributed by atoms with Crippen molar-refractivity contribution in [3.05, 3.63) is 48.5 Å². The van der Waals surface area contributed by atoms with Crippen LogP contribution in [0, 0.1) is 0 Å². The molecule has 0 bridgehead atoms. The number of carbonyl (C=O) groups excluding carboxylic acids is 3. The molecular weight excluding hydrogens is 516 g/mol. The molecule has 0 aromatic heterocycles. The fraction of sp³-hybridized carbons (Fsp3) is 0.500. The monoisotopic (exact) mass is 556 g/mol. The number of hydrogen-bond acceptors (Lipinski definition) is 8. The van der Waals surface area contributed by atoms with Crippen LogP contribution in [0.4, 0.5) is 11.4 Å². The number of hydrogen-bond donors (Lipinski definition) is 0. The lowest BCUT2D eigenvalue weighted by atomic mass is 10.0. The normalized spacial score (nSPS) is 15.1. The average molecular weight is 557 g/mol. The summed E-state index contributed by atoms with van der Waals surface area (Å²) in [6, 6.07) is 12.0. The van der Waals surface area contributed by atoms with Crippen LogP contribution in [0.25, 0.3) is 0 Å². The Morgan fingerprint density at radius 1 is 0.846 bits per heavy atom. The van der Waals surface area contributed by atoms with Crippen molar-refractivity contribution >= 4 is 40.1 Å². The van der Waals surface area contributed by atoms with Crippen LogP contribution in [0.15, 0.2) is 48.5 Å². The van der Waals surface area contributed by atoms with Gasteiger partial charge in [-0.25, -0.2) is 4.79 Å². The minimum absolute atomic E-state index is 0.120. The first-order chi connectivity index (χ1) is 18.8. The highest BCUT2D eigenvalue weighted by Gasteiger charge is 2.45. The maximum absolute atomic E-state index is 14.2. The Morgan fingerprint density at radius 2 is 1.38 bits per heavy atom. The number of likely N-dealkylation sites (N-methyl/N-ethyl adjacent to an activating group) is 1. The number of rotatable bonds is 12. The van der Waals surface area contributed by atoms with Gasteiger partial charge in [-0.3, -0.25) is 14.5 Å². The highest BCUT2D eigenvalue weighted by molar-refractivity contribution is 8.14. The molecule has 0 heterocycles. The van der Waals surface area contributed by atoms with Gasteiger partial charge < -0.3 is 19.1 Å². The van der Waals surface area contributed by atoms with Crippen molar-refractivity contribution in [2.24, 2.45) is 0 Å². The van der Waals surface area contributed by atoms with Crippen molar-refractivity contribution in [2.45, 2.75) is 70.2 Å². The van der Waals surface area contributed by atoms with E-state index in [1.165, 1.54) is 30.0 Å². The molecule has 0 spiro atoms. The van der Waals surface area contributed by atoms with Crippen LogP contribution in [-0.2, 0) is 19.1 Å². The molecular formula is C30H40N2O6S. The molecule has 0 N–H and O–H groups in total. The number of nitrogens with zero attached hydrogens (tertiary/aromatic N) is 2. The summed E-state index contributed by atoms with van der Waals surface area (Å²) in [5.74, 6) is 0.297. The Labute approximate surface area is 236 Å². The van der Waals surface area contributed by atoms with E-state index in [1.54, 1.807) is 45.4 Å². The summed E-state index contributed by atoms with van der Waals surface area (Å²) in [5.41, 5.74) is 1.22. The predicted octanol–water partition coefficient (Wildman–Crippen LogP) is 5.48. The van der Waals surface area contributed by atoms with E-state index in [9.17, 15) is 14.4 Å². The largest absolute Gasteiger partial charge is 0.497 e. The Morgan fingerprint density at radius 3 is 1.85 bits per heavy atom. The lowest BCUT2D eigenvalue weighted by Gasteiger charge is -2.41. The van der Waals surface area contributed by atoms with Crippen LogP contribution in [0.1, 0.15) is 52.9 Å².